The van der Waals surface area contributed by atoms with Gasteiger partial charge in [-0.15, -0.1) is 0 Å². The Hall–Kier alpha value is -2.24. The molecule has 0 aliphatic carbocycles. The molecule has 2 rings (SSSR count). The number of likely N-dealkylation sites (tertiary alicyclic amines) is 1. The molecule has 1 aliphatic rings. The van der Waals surface area contributed by atoms with Crippen molar-refractivity contribution < 1.29 is 19.1 Å². The predicted molar refractivity (Wildman–Crippen MR) is 77.7 cm³/mol. The first-order valence-corrected chi connectivity index (χ1v) is 6.97. The molecule has 1 aromatic rings. The van der Waals surface area contributed by atoms with E-state index in [1.807, 2.05) is 0 Å². The van der Waals surface area contributed by atoms with Gasteiger partial charge in [-0.25, -0.2) is 4.79 Å². The van der Waals surface area contributed by atoms with Gasteiger partial charge in [0.25, 0.3) is 0 Å². The maximum absolute atomic E-state index is 12.1. The summed E-state index contributed by atoms with van der Waals surface area (Å²) in [7, 11) is 1.34. The number of esters is 1. The number of ether oxygens (including phenoxy) is 2. The standard InChI is InChI=1S/C15H20N2O4/c1-20-15(19)13-6-3-8-17(13)14(18)7-9-21-12-5-2-4-11(16)10-12/h2,4-5,10,13H,3,6-9,16H2,1H3. The number of rotatable bonds is 5. The minimum atomic E-state index is -0.449. The molecule has 0 bridgehead atoms. The Morgan fingerprint density at radius 2 is 2.24 bits per heavy atom. The molecule has 1 atom stereocenters. The first kappa shape index (κ1) is 15.2. The summed E-state index contributed by atoms with van der Waals surface area (Å²) in [6.07, 6.45) is 1.71. The van der Waals surface area contributed by atoms with Gasteiger partial charge >= 0.3 is 5.97 Å². The maximum Gasteiger partial charge on any atom is 0.328 e. The topological polar surface area (TPSA) is 81.9 Å². The van der Waals surface area contributed by atoms with Gasteiger partial charge in [0.15, 0.2) is 0 Å². The third kappa shape index (κ3) is 3.87. The van der Waals surface area contributed by atoms with Crippen LogP contribution in [0.5, 0.6) is 5.75 Å². The highest BCUT2D eigenvalue weighted by atomic mass is 16.5. The van der Waals surface area contributed by atoms with Gasteiger partial charge in [-0.2, -0.15) is 0 Å². The Bertz CT molecular complexity index is 518. The third-order valence-electron chi connectivity index (χ3n) is 3.49. The summed E-state index contributed by atoms with van der Waals surface area (Å²) in [5.74, 6) is 0.193. The molecule has 6 heteroatoms. The van der Waals surface area contributed by atoms with Gasteiger partial charge in [0.1, 0.15) is 11.8 Å². The van der Waals surface area contributed by atoms with Gasteiger partial charge in [0, 0.05) is 18.3 Å². The summed E-state index contributed by atoms with van der Waals surface area (Å²) in [6.45, 7) is 0.851. The summed E-state index contributed by atoms with van der Waals surface area (Å²) in [6, 6.07) is 6.60. The number of nitrogens with zero attached hydrogens (tertiary/aromatic N) is 1. The Morgan fingerprint density at radius 1 is 1.43 bits per heavy atom. The normalized spacial score (nSPS) is 17.6. The summed E-state index contributed by atoms with van der Waals surface area (Å²) < 4.78 is 10.2. The summed E-state index contributed by atoms with van der Waals surface area (Å²) in [5.41, 5.74) is 6.26. The highest BCUT2D eigenvalue weighted by Crippen LogP contribution is 2.20. The maximum atomic E-state index is 12.1. The van der Waals surface area contributed by atoms with E-state index in [0.29, 0.717) is 24.4 Å². The number of benzene rings is 1. The van der Waals surface area contributed by atoms with E-state index in [1.54, 1.807) is 29.2 Å². The number of nitrogen functional groups attached to an aromatic ring is 1. The largest absolute Gasteiger partial charge is 0.493 e. The van der Waals surface area contributed by atoms with Crippen LogP contribution in [0.4, 0.5) is 5.69 Å². The minimum absolute atomic E-state index is 0.0909. The summed E-state index contributed by atoms with van der Waals surface area (Å²) in [4.78, 5) is 25.3. The van der Waals surface area contributed by atoms with Crippen molar-refractivity contribution in [3.8, 4) is 5.75 Å². The van der Waals surface area contributed by atoms with Crippen molar-refractivity contribution in [2.45, 2.75) is 25.3 Å². The number of carbonyl (C=O) groups is 2. The highest BCUT2D eigenvalue weighted by molar-refractivity contribution is 5.85. The van der Waals surface area contributed by atoms with E-state index < -0.39 is 6.04 Å². The van der Waals surface area contributed by atoms with Crippen molar-refractivity contribution in [3.63, 3.8) is 0 Å². The molecule has 1 aliphatic heterocycles. The van der Waals surface area contributed by atoms with E-state index in [0.717, 1.165) is 6.42 Å². The van der Waals surface area contributed by atoms with E-state index in [9.17, 15) is 9.59 Å². The Kier molecular flexibility index (Phi) is 5.03. The van der Waals surface area contributed by atoms with Crippen molar-refractivity contribution in [2.75, 3.05) is 26.0 Å². The summed E-state index contributed by atoms with van der Waals surface area (Å²) >= 11 is 0. The molecule has 21 heavy (non-hydrogen) atoms. The molecule has 1 fully saturated rings. The molecule has 1 heterocycles. The Morgan fingerprint density at radius 3 is 2.95 bits per heavy atom. The molecular formula is C15H20N2O4. The molecule has 114 valence electrons. The van der Waals surface area contributed by atoms with E-state index in [4.69, 9.17) is 15.2 Å². The molecule has 0 spiro atoms. The lowest BCUT2D eigenvalue weighted by Gasteiger charge is -2.22. The van der Waals surface area contributed by atoms with Crippen molar-refractivity contribution in [1.82, 2.24) is 4.90 Å². The second kappa shape index (κ2) is 6.97. The number of amides is 1. The van der Waals surface area contributed by atoms with Gasteiger partial charge in [-0.3, -0.25) is 4.79 Å². The summed E-state index contributed by atoms with van der Waals surface area (Å²) in [5, 5.41) is 0. The van der Waals surface area contributed by atoms with Crippen LogP contribution in [0.1, 0.15) is 19.3 Å². The first-order valence-electron chi connectivity index (χ1n) is 6.97. The van der Waals surface area contributed by atoms with Gasteiger partial charge in [-0.1, -0.05) is 6.07 Å². The number of nitrogens with two attached hydrogens (primary N) is 1. The third-order valence-corrected chi connectivity index (χ3v) is 3.49. The minimum Gasteiger partial charge on any atom is -0.493 e. The zero-order valence-corrected chi connectivity index (χ0v) is 12.1. The lowest BCUT2D eigenvalue weighted by atomic mass is 10.2. The predicted octanol–water partition coefficient (Wildman–Crippen LogP) is 1.20. The van der Waals surface area contributed by atoms with Gasteiger partial charge < -0.3 is 20.1 Å². The van der Waals surface area contributed by atoms with E-state index in [2.05, 4.69) is 0 Å². The van der Waals surface area contributed by atoms with Crippen LogP contribution in [0.3, 0.4) is 0 Å². The Labute approximate surface area is 123 Å². The Balaban J connectivity index is 1.83. The van der Waals surface area contributed by atoms with Crippen LogP contribution in [0.2, 0.25) is 0 Å². The van der Waals surface area contributed by atoms with Crippen molar-refractivity contribution in [1.29, 1.82) is 0 Å². The number of hydrogen-bond donors (Lipinski definition) is 1. The molecule has 2 N–H and O–H groups in total. The molecule has 1 saturated heterocycles. The van der Waals surface area contributed by atoms with Crippen molar-refractivity contribution >= 4 is 17.6 Å². The first-order chi connectivity index (χ1) is 10.1. The van der Waals surface area contributed by atoms with Crippen LogP contribution >= 0.6 is 0 Å². The van der Waals surface area contributed by atoms with E-state index >= 15 is 0 Å². The molecule has 1 amide bonds. The fourth-order valence-corrected chi connectivity index (χ4v) is 2.45. The van der Waals surface area contributed by atoms with Gasteiger partial charge in [-0.05, 0) is 25.0 Å². The second-order valence-corrected chi connectivity index (χ2v) is 4.94. The molecule has 0 saturated carbocycles. The van der Waals surface area contributed by atoms with Crippen LogP contribution in [-0.2, 0) is 14.3 Å². The zero-order valence-electron chi connectivity index (χ0n) is 12.1. The van der Waals surface area contributed by atoms with Crippen molar-refractivity contribution in [3.05, 3.63) is 24.3 Å². The molecule has 1 aromatic carbocycles. The fourth-order valence-electron chi connectivity index (χ4n) is 2.45. The van der Waals surface area contributed by atoms with E-state index in [1.165, 1.54) is 7.11 Å². The average Bonchev–Trinajstić information content (AvgIpc) is 2.96. The molecule has 0 aromatic heterocycles. The monoisotopic (exact) mass is 292 g/mol. The van der Waals surface area contributed by atoms with Crippen LogP contribution in [0.25, 0.3) is 0 Å². The quantitative estimate of drug-likeness (QED) is 0.651. The number of methoxy groups -OCH3 is 1. The zero-order chi connectivity index (χ0) is 15.2. The molecule has 6 nitrogen and oxygen atoms in total. The average molecular weight is 292 g/mol. The second-order valence-electron chi connectivity index (χ2n) is 4.94. The lowest BCUT2D eigenvalue weighted by molar-refractivity contribution is -0.151. The lowest BCUT2D eigenvalue weighted by Crippen LogP contribution is -2.41. The SMILES string of the molecule is COC(=O)C1CCCN1C(=O)CCOc1cccc(N)c1. The fraction of sp³-hybridized carbons (Fsp3) is 0.467. The number of anilines is 1. The number of carbonyl (C=O) groups excluding carboxylic acids is 2. The molecule has 0 radical (unpaired) electrons. The highest BCUT2D eigenvalue weighted by Gasteiger charge is 2.34. The van der Waals surface area contributed by atoms with Crippen LogP contribution < -0.4 is 10.5 Å². The van der Waals surface area contributed by atoms with Crippen molar-refractivity contribution in [2.24, 2.45) is 0 Å². The van der Waals surface area contributed by atoms with Crippen LogP contribution in [-0.4, -0.2) is 43.1 Å². The smallest absolute Gasteiger partial charge is 0.328 e. The van der Waals surface area contributed by atoms with Crippen LogP contribution in [0.15, 0.2) is 24.3 Å². The molecular weight excluding hydrogens is 272 g/mol. The number of hydrogen-bond acceptors (Lipinski definition) is 5. The van der Waals surface area contributed by atoms with Gasteiger partial charge in [0.2, 0.25) is 5.91 Å². The molecule has 1 unspecified atom stereocenters. The van der Waals surface area contributed by atoms with Gasteiger partial charge in [0.05, 0.1) is 20.1 Å². The van der Waals surface area contributed by atoms with Crippen LogP contribution in [0, 0.1) is 0 Å². The van der Waals surface area contributed by atoms with E-state index in [-0.39, 0.29) is 24.9 Å².